The van der Waals surface area contributed by atoms with Crippen molar-refractivity contribution in [3.63, 3.8) is 0 Å². The highest BCUT2D eigenvalue weighted by atomic mass is 16.5. The predicted molar refractivity (Wildman–Crippen MR) is 143 cm³/mol. The summed E-state index contributed by atoms with van der Waals surface area (Å²) in [5.74, 6) is 2.13. The molecule has 1 aliphatic rings. The van der Waals surface area contributed by atoms with Crippen molar-refractivity contribution in [1.29, 1.82) is 0 Å². The Morgan fingerprint density at radius 3 is 2.69 bits per heavy atom. The second kappa shape index (κ2) is 11.0. The fraction of sp³-hybridized carbons (Fsp3) is 0.233. The van der Waals surface area contributed by atoms with E-state index >= 15 is 0 Å². The summed E-state index contributed by atoms with van der Waals surface area (Å²) in [6.07, 6.45) is 4.58. The molecule has 1 aliphatic heterocycles. The molecule has 0 aliphatic carbocycles. The van der Waals surface area contributed by atoms with Crippen molar-refractivity contribution in [2.24, 2.45) is 0 Å². The Labute approximate surface area is 212 Å². The number of hydrogen-bond acceptors (Lipinski definition) is 5. The van der Waals surface area contributed by atoms with Crippen molar-refractivity contribution in [3.05, 3.63) is 113 Å². The number of amides is 1. The minimum absolute atomic E-state index is 0.215. The van der Waals surface area contributed by atoms with Gasteiger partial charge in [0.15, 0.2) is 0 Å². The van der Waals surface area contributed by atoms with Crippen LogP contribution in [-0.4, -0.2) is 29.0 Å². The molecule has 36 heavy (non-hydrogen) atoms. The summed E-state index contributed by atoms with van der Waals surface area (Å²) in [5.41, 5.74) is 5.32. The third-order valence-corrected chi connectivity index (χ3v) is 6.38. The average Bonchev–Trinajstić information content (AvgIpc) is 2.91. The maximum Gasteiger partial charge on any atom is 0.258 e. The van der Waals surface area contributed by atoms with Crippen LogP contribution in [0, 0.1) is 6.92 Å². The number of anilines is 2. The molecule has 0 bridgehead atoms. The number of carbonyl (C=O) groups is 1. The number of nitrogens with zero attached hydrogens (tertiary/aromatic N) is 3. The van der Waals surface area contributed by atoms with E-state index in [9.17, 15) is 4.79 Å². The lowest BCUT2D eigenvalue weighted by molar-refractivity contribution is 0.102. The minimum atomic E-state index is -0.215. The van der Waals surface area contributed by atoms with Crippen molar-refractivity contribution in [1.82, 2.24) is 9.97 Å². The summed E-state index contributed by atoms with van der Waals surface area (Å²) in [5, 5.41) is 2.83. The van der Waals surface area contributed by atoms with Gasteiger partial charge in [-0.1, -0.05) is 42.5 Å². The molecule has 6 heteroatoms. The highest BCUT2D eigenvalue weighted by Gasteiger charge is 2.19. The number of aromatic nitrogens is 2. The summed E-state index contributed by atoms with van der Waals surface area (Å²) in [4.78, 5) is 23.7. The van der Waals surface area contributed by atoms with Gasteiger partial charge in [0.1, 0.15) is 17.4 Å². The number of nitrogens with one attached hydrogen (secondary N) is 1. The van der Waals surface area contributed by atoms with Crippen LogP contribution in [0.3, 0.4) is 0 Å². The van der Waals surface area contributed by atoms with Crippen LogP contribution in [0.1, 0.15) is 39.2 Å². The summed E-state index contributed by atoms with van der Waals surface area (Å²) in [6.45, 7) is 4.26. The quantitative estimate of drug-likeness (QED) is 0.333. The van der Waals surface area contributed by atoms with E-state index in [1.54, 1.807) is 12.3 Å². The Hall–Kier alpha value is -4.19. The Balaban J connectivity index is 1.15. The molecule has 6 nitrogen and oxygen atoms in total. The van der Waals surface area contributed by atoms with Gasteiger partial charge in [0.2, 0.25) is 0 Å². The van der Waals surface area contributed by atoms with Crippen LogP contribution in [0.15, 0.2) is 85.1 Å². The molecule has 182 valence electrons. The molecule has 2 aromatic carbocycles. The van der Waals surface area contributed by atoms with E-state index in [0.717, 1.165) is 49.6 Å². The predicted octanol–water partition coefficient (Wildman–Crippen LogP) is 5.61. The Morgan fingerprint density at radius 2 is 1.89 bits per heavy atom. The van der Waals surface area contributed by atoms with Gasteiger partial charge >= 0.3 is 0 Å². The zero-order valence-corrected chi connectivity index (χ0v) is 20.5. The maximum absolute atomic E-state index is 12.6. The molecule has 5 rings (SSSR count). The van der Waals surface area contributed by atoms with Crippen LogP contribution in [0.25, 0.3) is 0 Å². The first-order valence-electron chi connectivity index (χ1n) is 12.4. The summed E-state index contributed by atoms with van der Waals surface area (Å²) in [6, 6.07) is 26.2. The zero-order chi connectivity index (χ0) is 24.7. The van der Waals surface area contributed by atoms with Crippen LogP contribution >= 0.6 is 0 Å². The van der Waals surface area contributed by atoms with Crippen molar-refractivity contribution in [3.8, 4) is 5.75 Å². The molecule has 0 spiro atoms. The highest BCUT2D eigenvalue weighted by molar-refractivity contribution is 6.03. The summed E-state index contributed by atoms with van der Waals surface area (Å²) < 4.78 is 6.02. The molecule has 0 saturated carbocycles. The largest absolute Gasteiger partial charge is 0.494 e. The van der Waals surface area contributed by atoms with E-state index in [4.69, 9.17) is 4.74 Å². The number of rotatable bonds is 8. The van der Waals surface area contributed by atoms with Gasteiger partial charge < -0.3 is 15.0 Å². The molecule has 2 aromatic heterocycles. The van der Waals surface area contributed by atoms with Crippen molar-refractivity contribution >= 4 is 17.5 Å². The molecular weight excluding hydrogens is 448 g/mol. The SMILES string of the molecule is Cc1cccc(NC(=O)c2ccc(N3CCc4cc(OCCCc5ccccc5)ccc4C3)nc2)n1. The molecular formula is C30H30N4O2. The van der Waals surface area contributed by atoms with Crippen LogP contribution in [0.4, 0.5) is 11.6 Å². The lowest BCUT2D eigenvalue weighted by Crippen LogP contribution is -2.31. The number of pyridine rings is 2. The van der Waals surface area contributed by atoms with Gasteiger partial charge in [0.05, 0.1) is 12.2 Å². The zero-order valence-electron chi connectivity index (χ0n) is 20.5. The van der Waals surface area contributed by atoms with Gasteiger partial charge in [-0.15, -0.1) is 0 Å². The highest BCUT2D eigenvalue weighted by Crippen LogP contribution is 2.27. The molecule has 4 aromatic rings. The van der Waals surface area contributed by atoms with Gasteiger partial charge in [-0.3, -0.25) is 4.79 Å². The van der Waals surface area contributed by atoms with Crippen molar-refractivity contribution < 1.29 is 9.53 Å². The molecule has 3 heterocycles. The van der Waals surface area contributed by atoms with E-state index in [-0.39, 0.29) is 5.91 Å². The Kier molecular flexibility index (Phi) is 7.22. The fourth-order valence-electron chi connectivity index (χ4n) is 4.43. The maximum atomic E-state index is 12.6. The topological polar surface area (TPSA) is 67.4 Å². The molecule has 0 fully saturated rings. The molecule has 0 saturated heterocycles. The summed E-state index contributed by atoms with van der Waals surface area (Å²) in [7, 11) is 0. The van der Waals surface area contributed by atoms with Crippen LogP contribution < -0.4 is 15.0 Å². The van der Waals surface area contributed by atoms with Crippen molar-refractivity contribution in [2.45, 2.75) is 32.7 Å². The first-order valence-corrected chi connectivity index (χ1v) is 12.4. The van der Waals surface area contributed by atoms with Gasteiger partial charge in [0.25, 0.3) is 5.91 Å². The molecule has 0 unspecified atom stereocenters. The lowest BCUT2D eigenvalue weighted by Gasteiger charge is -2.30. The minimum Gasteiger partial charge on any atom is -0.494 e. The van der Waals surface area contributed by atoms with Crippen LogP contribution in [0.5, 0.6) is 5.75 Å². The number of fused-ring (bicyclic) bond motifs is 1. The van der Waals surface area contributed by atoms with E-state index in [1.807, 2.05) is 37.3 Å². The third-order valence-electron chi connectivity index (χ3n) is 6.38. The van der Waals surface area contributed by atoms with E-state index in [2.05, 4.69) is 62.6 Å². The third kappa shape index (κ3) is 5.89. The Morgan fingerprint density at radius 1 is 1.00 bits per heavy atom. The fourth-order valence-corrected chi connectivity index (χ4v) is 4.43. The van der Waals surface area contributed by atoms with Crippen molar-refractivity contribution in [2.75, 3.05) is 23.4 Å². The second-order valence-corrected chi connectivity index (χ2v) is 9.06. The standard InChI is InChI=1S/C30H30N4O2/c1-22-7-5-11-28(32-22)33-30(35)25-13-15-29(31-20-25)34-17-16-24-19-27(14-12-26(24)21-34)36-18-6-10-23-8-3-2-4-9-23/h2-5,7-9,11-15,19-20H,6,10,16-18,21H2,1H3,(H,32,33,35). The smallest absolute Gasteiger partial charge is 0.258 e. The van der Waals surface area contributed by atoms with Crippen LogP contribution in [0.2, 0.25) is 0 Å². The van der Waals surface area contributed by atoms with Gasteiger partial charge in [-0.2, -0.15) is 0 Å². The number of aryl methyl sites for hydroxylation is 2. The van der Waals surface area contributed by atoms with Gasteiger partial charge in [0, 0.05) is 25.0 Å². The molecule has 1 N–H and O–H groups in total. The van der Waals surface area contributed by atoms with Gasteiger partial charge in [-0.25, -0.2) is 9.97 Å². The normalized spacial score (nSPS) is 12.6. The molecule has 0 radical (unpaired) electrons. The molecule has 0 atom stereocenters. The number of benzene rings is 2. The lowest BCUT2D eigenvalue weighted by atomic mass is 9.99. The molecule has 1 amide bonds. The number of hydrogen-bond donors (Lipinski definition) is 1. The first kappa shape index (κ1) is 23.5. The monoisotopic (exact) mass is 478 g/mol. The average molecular weight is 479 g/mol. The van der Waals surface area contributed by atoms with Crippen LogP contribution in [-0.2, 0) is 19.4 Å². The number of ether oxygens (including phenoxy) is 1. The van der Waals surface area contributed by atoms with E-state index in [0.29, 0.717) is 18.0 Å². The summed E-state index contributed by atoms with van der Waals surface area (Å²) >= 11 is 0. The first-order chi connectivity index (χ1) is 17.6. The Bertz CT molecular complexity index is 1320. The van der Waals surface area contributed by atoms with Gasteiger partial charge in [-0.05, 0) is 79.3 Å². The van der Waals surface area contributed by atoms with E-state index in [1.165, 1.54) is 16.7 Å². The van der Waals surface area contributed by atoms with E-state index < -0.39 is 0 Å². The second-order valence-electron chi connectivity index (χ2n) is 9.06. The number of carbonyl (C=O) groups excluding carboxylic acids is 1.